The summed E-state index contributed by atoms with van der Waals surface area (Å²) in [7, 11) is 0. The highest BCUT2D eigenvalue weighted by Crippen LogP contribution is 2.31. The van der Waals surface area contributed by atoms with Gasteiger partial charge in [-0.1, -0.05) is 42.5 Å². The van der Waals surface area contributed by atoms with Gasteiger partial charge in [0.2, 0.25) is 0 Å². The molecule has 4 rings (SSSR count). The van der Waals surface area contributed by atoms with Crippen molar-refractivity contribution in [2.24, 2.45) is 0 Å². The lowest BCUT2D eigenvalue weighted by molar-refractivity contribution is 0.0252. The third kappa shape index (κ3) is 3.44. The van der Waals surface area contributed by atoms with Crippen LogP contribution in [0.4, 0.5) is 10.1 Å². The smallest absolute Gasteiger partial charge is 0.339 e. The Hall–Kier alpha value is -3.47. The number of amides is 1. The van der Waals surface area contributed by atoms with Crippen LogP contribution in [0.15, 0.2) is 72.8 Å². The van der Waals surface area contributed by atoms with Gasteiger partial charge in [0, 0.05) is 12.0 Å². The van der Waals surface area contributed by atoms with E-state index in [0.717, 1.165) is 11.1 Å². The summed E-state index contributed by atoms with van der Waals surface area (Å²) in [5.41, 5.74) is 2.56. The Labute approximate surface area is 155 Å². The molecule has 0 aliphatic carbocycles. The van der Waals surface area contributed by atoms with Crippen LogP contribution in [-0.2, 0) is 11.2 Å². The number of fused-ring (bicyclic) bond motifs is 1. The van der Waals surface area contributed by atoms with E-state index in [2.05, 4.69) is 5.32 Å². The highest BCUT2D eigenvalue weighted by atomic mass is 19.1. The Bertz CT molecular complexity index is 1020. The Kier molecular flexibility index (Phi) is 4.42. The summed E-state index contributed by atoms with van der Waals surface area (Å²) in [5.74, 6) is -1.35. The zero-order chi connectivity index (χ0) is 18.8. The summed E-state index contributed by atoms with van der Waals surface area (Å²) in [6.45, 7) is 0. The van der Waals surface area contributed by atoms with Gasteiger partial charge in [0.1, 0.15) is 11.9 Å². The van der Waals surface area contributed by atoms with Gasteiger partial charge in [-0.2, -0.15) is 0 Å². The average molecular weight is 361 g/mol. The first-order chi connectivity index (χ1) is 13.1. The highest BCUT2D eigenvalue weighted by Gasteiger charge is 2.28. The zero-order valence-electron chi connectivity index (χ0n) is 14.3. The lowest BCUT2D eigenvalue weighted by atomic mass is 9.93. The van der Waals surface area contributed by atoms with Crippen molar-refractivity contribution in [1.82, 2.24) is 0 Å². The van der Waals surface area contributed by atoms with Crippen molar-refractivity contribution < 1.29 is 18.7 Å². The Morgan fingerprint density at radius 1 is 1.00 bits per heavy atom. The summed E-state index contributed by atoms with van der Waals surface area (Å²) >= 11 is 0. The maximum Gasteiger partial charge on any atom is 0.339 e. The minimum Gasteiger partial charge on any atom is -0.454 e. The lowest BCUT2D eigenvalue weighted by Crippen LogP contribution is -2.23. The quantitative estimate of drug-likeness (QED) is 0.697. The van der Waals surface area contributed by atoms with E-state index in [9.17, 15) is 14.0 Å². The molecule has 1 aliphatic heterocycles. The van der Waals surface area contributed by atoms with E-state index in [4.69, 9.17) is 4.74 Å². The summed E-state index contributed by atoms with van der Waals surface area (Å²) in [6.07, 6.45) is 0.0856. The fraction of sp³-hybridized carbons (Fsp3) is 0.0909. The summed E-state index contributed by atoms with van der Waals surface area (Å²) in [5, 5.41) is 2.56. The van der Waals surface area contributed by atoms with Crippen molar-refractivity contribution in [3.63, 3.8) is 0 Å². The summed E-state index contributed by atoms with van der Waals surface area (Å²) in [4.78, 5) is 24.8. The minimum absolute atomic E-state index is 0.113. The maximum atomic E-state index is 13.8. The zero-order valence-corrected chi connectivity index (χ0v) is 14.3. The van der Waals surface area contributed by atoms with Gasteiger partial charge in [0.25, 0.3) is 5.91 Å². The number of hydrogen-bond acceptors (Lipinski definition) is 3. The first kappa shape index (κ1) is 17.0. The van der Waals surface area contributed by atoms with Gasteiger partial charge in [0.15, 0.2) is 0 Å². The molecule has 0 aromatic heterocycles. The van der Waals surface area contributed by atoms with Crippen LogP contribution in [0.25, 0.3) is 0 Å². The molecule has 3 aromatic carbocycles. The van der Waals surface area contributed by atoms with Crippen LogP contribution in [0.1, 0.15) is 37.9 Å². The molecule has 4 nitrogen and oxygen atoms in total. The van der Waals surface area contributed by atoms with E-state index < -0.39 is 23.8 Å². The number of carbonyl (C=O) groups excluding carboxylic acids is 2. The second-order valence-electron chi connectivity index (χ2n) is 6.31. The van der Waals surface area contributed by atoms with Crippen molar-refractivity contribution in [3.8, 4) is 0 Å². The molecule has 0 bridgehead atoms. The highest BCUT2D eigenvalue weighted by molar-refractivity contribution is 6.05. The van der Waals surface area contributed by atoms with Gasteiger partial charge in [-0.3, -0.25) is 4.79 Å². The molecule has 134 valence electrons. The largest absolute Gasteiger partial charge is 0.454 e. The van der Waals surface area contributed by atoms with Crippen molar-refractivity contribution in [2.75, 3.05) is 5.32 Å². The second-order valence-corrected chi connectivity index (χ2v) is 6.31. The standard InChI is InChI=1S/C22H16FNO3/c23-18-8-4-5-9-19(18)24-21(25)15-10-11-17-16(12-15)13-20(27-22(17)26)14-6-2-1-3-7-14/h1-12,20H,13H2,(H,24,25)/t20-/m1/s1. The third-order valence-corrected chi connectivity index (χ3v) is 4.54. The molecule has 0 fully saturated rings. The van der Waals surface area contributed by atoms with E-state index in [0.29, 0.717) is 17.5 Å². The van der Waals surface area contributed by atoms with Crippen molar-refractivity contribution >= 4 is 17.6 Å². The van der Waals surface area contributed by atoms with E-state index in [1.807, 2.05) is 30.3 Å². The lowest BCUT2D eigenvalue weighted by Gasteiger charge is -2.25. The Balaban J connectivity index is 1.60. The van der Waals surface area contributed by atoms with Gasteiger partial charge in [-0.25, -0.2) is 9.18 Å². The second kappa shape index (κ2) is 7.03. The predicted octanol–water partition coefficient (Wildman–Crippen LogP) is 4.53. The topological polar surface area (TPSA) is 55.4 Å². The molecular weight excluding hydrogens is 345 g/mol. The number of hydrogen-bond donors (Lipinski definition) is 1. The molecule has 5 heteroatoms. The van der Waals surface area contributed by atoms with E-state index in [1.165, 1.54) is 12.1 Å². The first-order valence-corrected chi connectivity index (χ1v) is 8.56. The number of benzene rings is 3. The van der Waals surface area contributed by atoms with E-state index >= 15 is 0 Å². The molecule has 27 heavy (non-hydrogen) atoms. The van der Waals surface area contributed by atoms with Crippen molar-refractivity contribution in [2.45, 2.75) is 12.5 Å². The molecule has 1 aliphatic rings. The SMILES string of the molecule is O=C(Nc1ccccc1F)c1ccc2c(c1)C[C@H](c1ccccc1)OC2=O. The maximum absolute atomic E-state index is 13.8. The third-order valence-electron chi connectivity index (χ3n) is 4.54. The fourth-order valence-electron chi connectivity index (χ4n) is 3.15. The molecule has 0 radical (unpaired) electrons. The van der Waals surface area contributed by atoms with Crippen molar-refractivity contribution in [1.29, 1.82) is 0 Å². The molecule has 0 spiro atoms. The molecular formula is C22H16FNO3. The predicted molar refractivity (Wildman–Crippen MR) is 99.1 cm³/mol. The molecule has 1 amide bonds. The van der Waals surface area contributed by atoms with Crippen LogP contribution in [0.3, 0.4) is 0 Å². The number of ether oxygens (including phenoxy) is 1. The van der Waals surface area contributed by atoms with Crippen LogP contribution in [0.5, 0.6) is 0 Å². The number of carbonyl (C=O) groups is 2. The molecule has 0 unspecified atom stereocenters. The van der Waals surface area contributed by atoms with Crippen LogP contribution in [-0.4, -0.2) is 11.9 Å². The average Bonchev–Trinajstić information content (AvgIpc) is 2.70. The molecule has 1 heterocycles. The fourth-order valence-corrected chi connectivity index (χ4v) is 3.15. The van der Waals surface area contributed by atoms with Gasteiger partial charge in [-0.15, -0.1) is 0 Å². The van der Waals surface area contributed by atoms with Gasteiger partial charge in [-0.05, 0) is 41.5 Å². The molecule has 1 N–H and O–H groups in total. The molecule has 3 aromatic rings. The van der Waals surface area contributed by atoms with Crippen molar-refractivity contribution in [3.05, 3.63) is 101 Å². The van der Waals surface area contributed by atoms with E-state index in [1.54, 1.807) is 30.3 Å². The Morgan fingerprint density at radius 2 is 1.74 bits per heavy atom. The van der Waals surface area contributed by atoms with Crippen LogP contribution >= 0.6 is 0 Å². The Morgan fingerprint density at radius 3 is 2.52 bits per heavy atom. The number of anilines is 1. The van der Waals surface area contributed by atoms with Gasteiger partial charge in [0.05, 0.1) is 11.3 Å². The normalized spacial score (nSPS) is 15.6. The number of esters is 1. The summed E-state index contributed by atoms with van der Waals surface area (Å²) < 4.78 is 19.3. The number of nitrogens with one attached hydrogen (secondary N) is 1. The summed E-state index contributed by atoms with van der Waals surface area (Å²) in [6, 6.07) is 20.2. The first-order valence-electron chi connectivity index (χ1n) is 8.56. The van der Waals surface area contributed by atoms with E-state index in [-0.39, 0.29) is 5.69 Å². The van der Waals surface area contributed by atoms with Gasteiger partial charge < -0.3 is 10.1 Å². The molecule has 0 saturated heterocycles. The van der Waals surface area contributed by atoms with Crippen LogP contribution < -0.4 is 5.32 Å². The number of cyclic esters (lactones) is 1. The number of halogens is 1. The van der Waals surface area contributed by atoms with Crippen LogP contribution in [0.2, 0.25) is 0 Å². The number of para-hydroxylation sites is 1. The monoisotopic (exact) mass is 361 g/mol. The van der Waals surface area contributed by atoms with Gasteiger partial charge >= 0.3 is 5.97 Å². The molecule has 1 atom stereocenters. The molecule has 0 saturated carbocycles. The van der Waals surface area contributed by atoms with Crippen LogP contribution in [0, 0.1) is 5.82 Å². The minimum atomic E-state index is -0.503. The number of rotatable bonds is 3.